The maximum absolute atomic E-state index is 12.1. The minimum Gasteiger partial charge on any atom is -0.450 e. The van der Waals surface area contributed by atoms with Crippen LogP contribution >= 0.6 is 0 Å². The number of carbonyl (C=O) groups excluding carboxylic acids is 2. The minimum atomic E-state index is -1.18. The first kappa shape index (κ1) is 22.0. The van der Waals surface area contributed by atoms with Crippen molar-refractivity contribution in [3.63, 3.8) is 0 Å². The lowest BCUT2D eigenvalue weighted by Crippen LogP contribution is -2.56. The molecule has 156 valence electrons. The molecule has 0 aromatic carbocycles. The zero-order valence-corrected chi connectivity index (χ0v) is 18.7. The van der Waals surface area contributed by atoms with Crippen molar-refractivity contribution >= 4 is 20.3 Å². The second-order valence-electron chi connectivity index (χ2n) is 9.75. The SMILES string of the molecule is CC(C)(C)OC(=O)N1CCC(OC2CN(C(=O)OCC[Si](C)(C)C)C2)CC1. The molecule has 27 heavy (non-hydrogen) atoms. The Morgan fingerprint density at radius 2 is 1.56 bits per heavy atom. The molecule has 2 aliphatic heterocycles. The van der Waals surface area contributed by atoms with E-state index in [1.54, 1.807) is 9.80 Å². The Bertz CT molecular complexity index is 515. The summed E-state index contributed by atoms with van der Waals surface area (Å²) in [6.07, 6.45) is 1.34. The molecule has 0 aliphatic carbocycles. The highest BCUT2D eigenvalue weighted by Crippen LogP contribution is 2.22. The van der Waals surface area contributed by atoms with E-state index in [-0.39, 0.29) is 24.4 Å². The van der Waals surface area contributed by atoms with Gasteiger partial charge in [-0.2, -0.15) is 0 Å². The number of carbonyl (C=O) groups is 2. The predicted octanol–water partition coefficient (Wildman–Crippen LogP) is 3.56. The summed E-state index contributed by atoms with van der Waals surface area (Å²) in [6.45, 7) is 15.4. The van der Waals surface area contributed by atoms with Crippen LogP contribution in [0.4, 0.5) is 9.59 Å². The van der Waals surface area contributed by atoms with Crippen molar-refractivity contribution in [2.75, 3.05) is 32.8 Å². The standard InChI is InChI=1S/C19H36N2O5Si/c1-19(2,3)26-18(23)20-9-7-15(8-10-20)25-16-13-21(14-16)17(22)24-11-12-27(4,5)6/h15-16H,7-14H2,1-6H3. The third-order valence-electron chi connectivity index (χ3n) is 4.66. The van der Waals surface area contributed by atoms with E-state index in [2.05, 4.69) is 19.6 Å². The highest BCUT2D eigenvalue weighted by atomic mass is 28.3. The fraction of sp³-hybridized carbons (Fsp3) is 0.895. The molecule has 2 rings (SSSR count). The number of hydrogen-bond donors (Lipinski definition) is 0. The van der Waals surface area contributed by atoms with E-state index in [1.807, 2.05) is 20.8 Å². The summed E-state index contributed by atoms with van der Waals surface area (Å²) in [4.78, 5) is 27.5. The van der Waals surface area contributed by atoms with Gasteiger partial charge in [-0.05, 0) is 39.7 Å². The molecule has 8 heteroatoms. The van der Waals surface area contributed by atoms with E-state index in [1.165, 1.54) is 0 Å². The number of amides is 2. The van der Waals surface area contributed by atoms with Crippen molar-refractivity contribution in [1.82, 2.24) is 9.80 Å². The van der Waals surface area contributed by atoms with Crippen LogP contribution in [-0.2, 0) is 14.2 Å². The Kier molecular flexibility index (Phi) is 7.19. The first-order valence-electron chi connectivity index (χ1n) is 9.98. The van der Waals surface area contributed by atoms with Crippen LogP contribution in [0.3, 0.4) is 0 Å². The summed E-state index contributed by atoms with van der Waals surface area (Å²) in [5.41, 5.74) is -0.469. The number of piperidine rings is 1. The quantitative estimate of drug-likeness (QED) is 0.660. The number of likely N-dealkylation sites (tertiary alicyclic amines) is 2. The second kappa shape index (κ2) is 8.81. The van der Waals surface area contributed by atoms with Gasteiger partial charge in [-0.1, -0.05) is 19.6 Å². The largest absolute Gasteiger partial charge is 0.450 e. The molecule has 0 spiro atoms. The average molecular weight is 401 g/mol. The zero-order chi connectivity index (χ0) is 20.2. The summed E-state index contributed by atoms with van der Waals surface area (Å²) in [5, 5.41) is 0. The van der Waals surface area contributed by atoms with Gasteiger partial charge in [0.15, 0.2) is 0 Å². The van der Waals surface area contributed by atoms with Gasteiger partial charge in [0.1, 0.15) is 5.60 Å². The van der Waals surface area contributed by atoms with E-state index in [9.17, 15) is 9.59 Å². The monoisotopic (exact) mass is 400 g/mol. The molecular formula is C19H36N2O5Si. The maximum atomic E-state index is 12.1. The van der Waals surface area contributed by atoms with Gasteiger partial charge >= 0.3 is 12.2 Å². The Morgan fingerprint density at radius 1 is 0.963 bits per heavy atom. The van der Waals surface area contributed by atoms with E-state index < -0.39 is 13.7 Å². The normalized spacial score (nSPS) is 19.6. The predicted molar refractivity (Wildman–Crippen MR) is 107 cm³/mol. The van der Waals surface area contributed by atoms with E-state index in [0.717, 1.165) is 18.9 Å². The Balaban J connectivity index is 1.60. The van der Waals surface area contributed by atoms with Crippen LogP contribution in [0.25, 0.3) is 0 Å². The summed E-state index contributed by atoms with van der Waals surface area (Å²) >= 11 is 0. The van der Waals surface area contributed by atoms with Gasteiger partial charge in [0, 0.05) is 21.2 Å². The third kappa shape index (κ3) is 7.69. The van der Waals surface area contributed by atoms with Gasteiger partial charge in [0.05, 0.1) is 31.9 Å². The Morgan fingerprint density at radius 3 is 2.07 bits per heavy atom. The maximum Gasteiger partial charge on any atom is 0.410 e. The lowest BCUT2D eigenvalue weighted by atomic mass is 10.1. The van der Waals surface area contributed by atoms with Crippen LogP contribution in [0.2, 0.25) is 25.7 Å². The van der Waals surface area contributed by atoms with Gasteiger partial charge < -0.3 is 24.0 Å². The van der Waals surface area contributed by atoms with Gasteiger partial charge in [-0.3, -0.25) is 0 Å². The van der Waals surface area contributed by atoms with Gasteiger partial charge in [0.2, 0.25) is 0 Å². The van der Waals surface area contributed by atoms with E-state index in [4.69, 9.17) is 14.2 Å². The van der Waals surface area contributed by atoms with Crippen LogP contribution in [0.1, 0.15) is 33.6 Å². The summed E-state index contributed by atoms with van der Waals surface area (Å²) in [6, 6.07) is 0.989. The molecule has 0 bridgehead atoms. The topological polar surface area (TPSA) is 68.3 Å². The molecule has 0 atom stereocenters. The fourth-order valence-corrected chi connectivity index (χ4v) is 3.70. The smallest absolute Gasteiger partial charge is 0.410 e. The molecule has 2 amide bonds. The zero-order valence-electron chi connectivity index (χ0n) is 17.7. The van der Waals surface area contributed by atoms with Crippen LogP contribution in [-0.4, -0.2) is 80.7 Å². The summed E-state index contributed by atoms with van der Waals surface area (Å²) in [7, 11) is -1.18. The van der Waals surface area contributed by atoms with Crippen molar-refractivity contribution < 1.29 is 23.8 Å². The molecule has 0 radical (unpaired) electrons. The molecule has 2 aliphatic rings. The summed E-state index contributed by atoms with van der Waals surface area (Å²) in [5.74, 6) is 0. The summed E-state index contributed by atoms with van der Waals surface area (Å²) < 4.78 is 16.8. The number of nitrogens with zero attached hydrogens (tertiary/aromatic N) is 2. The second-order valence-corrected chi connectivity index (χ2v) is 15.4. The van der Waals surface area contributed by atoms with Crippen LogP contribution < -0.4 is 0 Å². The van der Waals surface area contributed by atoms with Crippen molar-refractivity contribution in [1.29, 1.82) is 0 Å². The number of hydrogen-bond acceptors (Lipinski definition) is 5. The van der Waals surface area contributed by atoms with Crippen molar-refractivity contribution in [3.05, 3.63) is 0 Å². The Labute approximate surface area is 164 Å². The third-order valence-corrected chi connectivity index (χ3v) is 6.37. The van der Waals surface area contributed by atoms with Gasteiger partial charge in [-0.25, -0.2) is 9.59 Å². The molecule has 0 aromatic heterocycles. The molecule has 7 nitrogen and oxygen atoms in total. The van der Waals surface area contributed by atoms with Crippen LogP contribution in [0.5, 0.6) is 0 Å². The molecule has 0 N–H and O–H groups in total. The highest BCUT2D eigenvalue weighted by Gasteiger charge is 2.36. The fourth-order valence-electron chi connectivity index (χ4n) is 2.98. The molecule has 0 saturated carbocycles. The van der Waals surface area contributed by atoms with Crippen LogP contribution in [0.15, 0.2) is 0 Å². The van der Waals surface area contributed by atoms with Crippen molar-refractivity contribution in [2.24, 2.45) is 0 Å². The first-order chi connectivity index (χ1) is 12.4. The molecule has 2 saturated heterocycles. The molecule has 0 unspecified atom stereocenters. The minimum absolute atomic E-state index is 0.0765. The lowest BCUT2D eigenvalue weighted by molar-refractivity contribution is -0.100. The van der Waals surface area contributed by atoms with Gasteiger partial charge in [0.25, 0.3) is 0 Å². The van der Waals surface area contributed by atoms with Crippen molar-refractivity contribution in [2.45, 2.75) is 77.1 Å². The number of ether oxygens (including phenoxy) is 3. The molecule has 2 fully saturated rings. The van der Waals surface area contributed by atoms with E-state index in [0.29, 0.717) is 32.8 Å². The van der Waals surface area contributed by atoms with Gasteiger partial charge in [-0.15, -0.1) is 0 Å². The highest BCUT2D eigenvalue weighted by molar-refractivity contribution is 6.76. The molecule has 0 aromatic rings. The van der Waals surface area contributed by atoms with Crippen LogP contribution in [0, 0.1) is 0 Å². The molecule has 2 heterocycles. The van der Waals surface area contributed by atoms with Crippen molar-refractivity contribution in [3.8, 4) is 0 Å². The Hall–Kier alpha value is -1.28. The average Bonchev–Trinajstić information content (AvgIpc) is 2.47. The number of rotatable bonds is 5. The van der Waals surface area contributed by atoms with E-state index >= 15 is 0 Å². The lowest BCUT2D eigenvalue weighted by Gasteiger charge is -2.41. The first-order valence-corrected chi connectivity index (χ1v) is 13.7. The molecular weight excluding hydrogens is 364 g/mol.